The number of nitrogens with zero attached hydrogens (tertiary/aromatic N) is 2. The average Bonchev–Trinajstić information content (AvgIpc) is 2.90. The summed E-state index contributed by atoms with van der Waals surface area (Å²) in [5.74, 6) is 1.04. The summed E-state index contributed by atoms with van der Waals surface area (Å²) in [4.78, 5) is 12.7. The van der Waals surface area contributed by atoms with Crippen LogP contribution in [0.1, 0.15) is 12.5 Å². The second kappa shape index (κ2) is 6.58. The van der Waals surface area contributed by atoms with E-state index in [1.807, 2.05) is 55.5 Å². The molecule has 2 aromatic carbocycles. The number of anilines is 1. The molecule has 0 spiro atoms. The molecule has 0 atom stereocenters. The van der Waals surface area contributed by atoms with Gasteiger partial charge >= 0.3 is 0 Å². The molecule has 1 amide bonds. The van der Waals surface area contributed by atoms with E-state index in [-0.39, 0.29) is 5.91 Å². The van der Waals surface area contributed by atoms with E-state index >= 15 is 0 Å². The second-order valence-electron chi connectivity index (χ2n) is 5.28. The number of hydrazone groups is 1. The topological polar surface area (TPSA) is 51.1 Å². The van der Waals surface area contributed by atoms with E-state index < -0.39 is 0 Å². The highest BCUT2D eigenvalue weighted by atomic mass is 16.5. The number of amides is 1. The highest BCUT2D eigenvalue weighted by Gasteiger charge is 2.29. The number of methoxy groups -OCH3 is 2. The number of para-hydroxylation sites is 2. The van der Waals surface area contributed by atoms with Gasteiger partial charge in [-0.15, -0.1) is 0 Å². The van der Waals surface area contributed by atoms with Crippen molar-refractivity contribution < 1.29 is 14.3 Å². The van der Waals surface area contributed by atoms with Crippen molar-refractivity contribution in [3.63, 3.8) is 0 Å². The fraction of sp³-hybridized carbons (Fsp3) is 0.158. The zero-order chi connectivity index (χ0) is 17.1. The van der Waals surface area contributed by atoms with E-state index in [0.717, 1.165) is 11.3 Å². The van der Waals surface area contributed by atoms with Gasteiger partial charge in [0.1, 0.15) is 0 Å². The van der Waals surface area contributed by atoms with E-state index in [2.05, 4.69) is 5.10 Å². The highest BCUT2D eigenvalue weighted by Crippen LogP contribution is 2.33. The number of carbonyl (C=O) groups excluding carboxylic acids is 1. The molecular formula is C19H18N2O3. The van der Waals surface area contributed by atoms with Gasteiger partial charge in [-0.05, 0) is 31.2 Å². The molecule has 0 aromatic heterocycles. The Morgan fingerprint density at radius 1 is 1.00 bits per heavy atom. The molecule has 2 aromatic rings. The zero-order valence-electron chi connectivity index (χ0n) is 13.8. The molecule has 1 aliphatic rings. The van der Waals surface area contributed by atoms with Gasteiger partial charge in [-0.1, -0.05) is 30.3 Å². The van der Waals surface area contributed by atoms with Gasteiger partial charge in [-0.2, -0.15) is 10.1 Å². The maximum Gasteiger partial charge on any atom is 0.280 e. The van der Waals surface area contributed by atoms with Crippen molar-refractivity contribution in [2.75, 3.05) is 19.2 Å². The van der Waals surface area contributed by atoms with E-state index in [1.165, 1.54) is 5.01 Å². The summed E-state index contributed by atoms with van der Waals surface area (Å²) in [7, 11) is 3.16. The Morgan fingerprint density at radius 2 is 1.75 bits per heavy atom. The third kappa shape index (κ3) is 2.76. The Balaban J connectivity index is 2.01. The van der Waals surface area contributed by atoms with Crippen LogP contribution in [-0.4, -0.2) is 25.8 Å². The maximum absolute atomic E-state index is 12.7. The van der Waals surface area contributed by atoms with Crippen molar-refractivity contribution in [2.45, 2.75) is 6.92 Å². The molecular weight excluding hydrogens is 304 g/mol. The largest absolute Gasteiger partial charge is 0.493 e. The first-order chi connectivity index (χ1) is 11.7. The van der Waals surface area contributed by atoms with Crippen LogP contribution in [0.3, 0.4) is 0 Å². The molecule has 0 saturated carbocycles. The molecule has 0 saturated heterocycles. The van der Waals surface area contributed by atoms with Crippen molar-refractivity contribution in [1.82, 2.24) is 0 Å². The SMILES string of the molecule is COc1cccc(C=C2C(=O)N(c3ccccc3)N=C2C)c1OC. The molecule has 122 valence electrons. The van der Waals surface area contributed by atoms with Gasteiger partial charge in [0, 0.05) is 5.56 Å². The lowest BCUT2D eigenvalue weighted by Crippen LogP contribution is -2.21. The van der Waals surface area contributed by atoms with Crippen LogP contribution in [-0.2, 0) is 4.79 Å². The molecule has 0 radical (unpaired) electrons. The van der Waals surface area contributed by atoms with Crippen molar-refractivity contribution in [3.05, 3.63) is 59.7 Å². The first-order valence-electron chi connectivity index (χ1n) is 7.53. The monoisotopic (exact) mass is 322 g/mol. The molecule has 1 aliphatic heterocycles. The molecule has 3 rings (SSSR count). The molecule has 0 bridgehead atoms. The summed E-state index contributed by atoms with van der Waals surface area (Å²) >= 11 is 0. The second-order valence-corrected chi connectivity index (χ2v) is 5.28. The van der Waals surface area contributed by atoms with Gasteiger partial charge < -0.3 is 9.47 Å². The Hall–Kier alpha value is -3.08. The molecule has 0 fully saturated rings. The molecule has 24 heavy (non-hydrogen) atoms. The van der Waals surface area contributed by atoms with Crippen LogP contribution in [0.5, 0.6) is 11.5 Å². The van der Waals surface area contributed by atoms with Crippen LogP contribution >= 0.6 is 0 Å². The third-order valence-corrected chi connectivity index (χ3v) is 3.80. The van der Waals surface area contributed by atoms with Gasteiger partial charge in [0.2, 0.25) is 0 Å². The standard InChI is InChI=1S/C19H18N2O3/c1-13-16(12-14-8-7-11-17(23-2)18(14)24-3)19(22)21(20-13)15-9-5-4-6-10-15/h4-12H,1-3H3. The van der Waals surface area contributed by atoms with Crippen LogP contribution in [0.2, 0.25) is 0 Å². The van der Waals surface area contributed by atoms with Gasteiger partial charge in [0.15, 0.2) is 11.5 Å². The van der Waals surface area contributed by atoms with E-state index in [4.69, 9.17) is 9.47 Å². The van der Waals surface area contributed by atoms with Crippen molar-refractivity contribution >= 4 is 23.4 Å². The van der Waals surface area contributed by atoms with Gasteiger partial charge in [-0.25, -0.2) is 0 Å². The molecule has 0 aliphatic carbocycles. The summed E-state index contributed by atoms with van der Waals surface area (Å²) in [6.45, 7) is 1.82. The number of rotatable bonds is 4. The minimum absolute atomic E-state index is 0.163. The molecule has 1 heterocycles. The summed E-state index contributed by atoms with van der Waals surface area (Å²) in [6, 6.07) is 14.9. The predicted octanol–water partition coefficient (Wildman–Crippen LogP) is 3.51. The number of ether oxygens (including phenoxy) is 2. The van der Waals surface area contributed by atoms with Crippen molar-refractivity contribution in [2.24, 2.45) is 5.10 Å². The van der Waals surface area contributed by atoms with Crippen LogP contribution in [0, 0.1) is 0 Å². The van der Waals surface area contributed by atoms with Gasteiger partial charge in [0.25, 0.3) is 5.91 Å². The average molecular weight is 322 g/mol. The number of carbonyl (C=O) groups is 1. The Labute approximate surface area is 140 Å². The normalized spacial score (nSPS) is 15.6. The fourth-order valence-corrected chi connectivity index (χ4v) is 2.61. The lowest BCUT2D eigenvalue weighted by atomic mass is 10.1. The Morgan fingerprint density at radius 3 is 2.42 bits per heavy atom. The quantitative estimate of drug-likeness (QED) is 0.809. The minimum atomic E-state index is -0.163. The smallest absolute Gasteiger partial charge is 0.280 e. The van der Waals surface area contributed by atoms with Gasteiger partial charge in [-0.3, -0.25) is 4.79 Å². The van der Waals surface area contributed by atoms with Crippen LogP contribution < -0.4 is 14.5 Å². The number of benzene rings is 2. The van der Waals surface area contributed by atoms with E-state index in [0.29, 0.717) is 22.8 Å². The third-order valence-electron chi connectivity index (χ3n) is 3.80. The Bertz CT molecular complexity index is 826. The van der Waals surface area contributed by atoms with Crippen molar-refractivity contribution in [1.29, 1.82) is 0 Å². The number of hydrogen-bond acceptors (Lipinski definition) is 4. The maximum atomic E-state index is 12.7. The molecule has 5 nitrogen and oxygen atoms in total. The summed E-state index contributed by atoms with van der Waals surface area (Å²) < 4.78 is 10.7. The van der Waals surface area contributed by atoms with Gasteiger partial charge in [0.05, 0.1) is 31.2 Å². The van der Waals surface area contributed by atoms with Crippen LogP contribution in [0.4, 0.5) is 5.69 Å². The number of hydrogen-bond donors (Lipinski definition) is 0. The van der Waals surface area contributed by atoms with E-state index in [9.17, 15) is 4.79 Å². The fourth-order valence-electron chi connectivity index (χ4n) is 2.61. The minimum Gasteiger partial charge on any atom is -0.493 e. The first-order valence-corrected chi connectivity index (χ1v) is 7.53. The zero-order valence-corrected chi connectivity index (χ0v) is 13.8. The molecule has 0 N–H and O–H groups in total. The van der Waals surface area contributed by atoms with Crippen LogP contribution in [0.15, 0.2) is 59.2 Å². The summed E-state index contributed by atoms with van der Waals surface area (Å²) in [5.41, 5.74) is 2.70. The predicted molar refractivity (Wildman–Crippen MR) is 94.6 cm³/mol. The first kappa shape index (κ1) is 15.8. The molecule has 5 heteroatoms. The van der Waals surface area contributed by atoms with E-state index in [1.54, 1.807) is 20.3 Å². The lowest BCUT2D eigenvalue weighted by molar-refractivity contribution is -0.114. The Kier molecular flexibility index (Phi) is 4.33. The van der Waals surface area contributed by atoms with Crippen LogP contribution in [0.25, 0.3) is 6.08 Å². The highest BCUT2D eigenvalue weighted by molar-refractivity contribution is 6.32. The lowest BCUT2D eigenvalue weighted by Gasteiger charge is -2.12. The summed E-state index contributed by atoms with van der Waals surface area (Å²) in [6.07, 6.45) is 1.78. The molecule has 0 unspecified atom stereocenters. The summed E-state index contributed by atoms with van der Waals surface area (Å²) in [5, 5.41) is 5.79. The van der Waals surface area contributed by atoms with Crippen molar-refractivity contribution in [3.8, 4) is 11.5 Å².